The van der Waals surface area contributed by atoms with Crippen LogP contribution in [-0.2, 0) is 0 Å². The van der Waals surface area contributed by atoms with Gasteiger partial charge in [0.2, 0.25) is 0 Å². The second-order valence-electron chi connectivity index (χ2n) is 5.37. The minimum absolute atomic E-state index is 0.400. The summed E-state index contributed by atoms with van der Waals surface area (Å²) in [5.74, 6) is 1.80. The third-order valence-electron chi connectivity index (χ3n) is 4.24. The Kier molecular flexibility index (Phi) is 4.65. The van der Waals surface area contributed by atoms with Crippen molar-refractivity contribution in [3.8, 4) is 5.75 Å². The van der Waals surface area contributed by atoms with Gasteiger partial charge in [0.15, 0.2) is 0 Å². The number of nitrogens with one attached hydrogen (secondary N) is 1. The van der Waals surface area contributed by atoms with Crippen molar-refractivity contribution in [1.29, 1.82) is 0 Å². The van der Waals surface area contributed by atoms with Gasteiger partial charge in [-0.3, -0.25) is 0 Å². The summed E-state index contributed by atoms with van der Waals surface area (Å²) in [4.78, 5) is 0. The van der Waals surface area contributed by atoms with Gasteiger partial charge in [-0.2, -0.15) is 0 Å². The maximum atomic E-state index is 5.29. The van der Waals surface area contributed by atoms with Gasteiger partial charge in [0.25, 0.3) is 0 Å². The average Bonchev–Trinajstić information content (AvgIpc) is 2.86. The topological polar surface area (TPSA) is 21.3 Å². The van der Waals surface area contributed by atoms with Gasteiger partial charge in [0, 0.05) is 12.1 Å². The summed E-state index contributed by atoms with van der Waals surface area (Å²) in [7, 11) is 1.72. The Balaban J connectivity index is 2.00. The zero-order valence-electron chi connectivity index (χ0n) is 11.8. The fraction of sp³-hybridized carbons (Fsp3) is 0.625. The zero-order valence-corrected chi connectivity index (χ0v) is 11.8. The quantitative estimate of drug-likeness (QED) is 0.851. The van der Waals surface area contributed by atoms with Crippen LogP contribution in [0.4, 0.5) is 0 Å². The largest absolute Gasteiger partial charge is 0.497 e. The molecule has 0 heterocycles. The molecule has 2 nitrogen and oxygen atoms in total. The van der Waals surface area contributed by atoms with Crippen molar-refractivity contribution in [2.75, 3.05) is 7.11 Å². The van der Waals surface area contributed by atoms with Gasteiger partial charge in [0.1, 0.15) is 5.75 Å². The lowest BCUT2D eigenvalue weighted by atomic mass is 9.98. The van der Waals surface area contributed by atoms with E-state index in [0.29, 0.717) is 12.1 Å². The van der Waals surface area contributed by atoms with Crippen molar-refractivity contribution in [3.63, 3.8) is 0 Å². The zero-order chi connectivity index (χ0) is 13.0. The SMILES string of the molecule is CCC1CCCC1N[C@H](C)c1cccc(OC)c1. The van der Waals surface area contributed by atoms with E-state index in [-0.39, 0.29) is 0 Å². The van der Waals surface area contributed by atoms with Crippen LogP contribution in [0.1, 0.15) is 51.1 Å². The molecule has 100 valence electrons. The fourth-order valence-corrected chi connectivity index (χ4v) is 3.07. The molecule has 18 heavy (non-hydrogen) atoms. The Hall–Kier alpha value is -1.02. The van der Waals surface area contributed by atoms with Gasteiger partial charge in [0.05, 0.1) is 7.11 Å². The average molecular weight is 247 g/mol. The molecule has 0 bridgehead atoms. The first-order valence-electron chi connectivity index (χ1n) is 7.14. The lowest BCUT2D eigenvalue weighted by molar-refractivity contribution is 0.359. The van der Waals surface area contributed by atoms with Crippen LogP contribution in [0.5, 0.6) is 5.75 Å². The minimum Gasteiger partial charge on any atom is -0.497 e. The Labute approximate surface area is 111 Å². The first kappa shape index (κ1) is 13.4. The van der Waals surface area contributed by atoms with E-state index in [0.717, 1.165) is 11.7 Å². The number of hydrogen-bond donors (Lipinski definition) is 1. The first-order valence-corrected chi connectivity index (χ1v) is 7.14. The Morgan fingerprint density at radius 3 is 2.94 bits per heavy atom. The highest BCUT2D eigenvalue weighted by atomic mass is 16.5. The second kappa shape index (κ2) is 6.24. The van der Waals surface area contributed by atoms with Crippen molar-refractivity contribution in [2.45, 2.75) is 51.6 Å². The maximum absolute atomic E-state index is 5.29. The molecule has 0 aromatic heterocycles. The summed E-state index contributed by atoms with van der Waals surface area (Å²) in [5.41, 5.74) is 1.32. The van der Waals surface area contributed by atoms with Gasteiger partial charge in [-0.25, -0.2) is 0 Å². The molecule has 1 N–H and O–H groups in total. The number of rotatable bonds is 5. The van der Waals surface area contributed by atoms with E-state index in [4.69, 9.17) is 4.74 Å². The van der Waals surface area contributed by atoms with E-state index in [2.05, 4.69) is 37.4 Å². The second-order valence-corrected chi connectivity index (χ2v) is 5.37. The highest BCUT2D eigenvalue weighted by molar-refractivity contribution is 5.30. The van der Waals surface area contributed by atoms with Gasteiger partial charge >= 0.3 is 0 Å². The Bertz CT molecular complexity index is 377. The van der Waals surface area contributed by atoms with Crippen LogP contribution in [0, 0.1) is 5.92 Å². The number of benzene rings is 1. The van der Waals surface area contributed by atoms with E-state index >= 15 is 0 Å². The third-order valence-corrected chi connectivity index (χ3v) is 4.24. The molecule has 1 aromatic carbocycles. The first-order chi connectivity index (χ1) is 8.74. The predicted molar refractivity (Wildman–Crippen MR) is 76.0 cm³/mol. The maximum Gasteiger partial charge on any atom is 0.119 e. The van der Waals surface area contributed by atoms with Crippen molar-refractivity contribution < 1.29 is 4.74 Å². The molecule has 0 aliphatic heterocycles. The van der Waals surface area contributed by atoms with E-state index in [1.807, 2.05) is 6.07 Å². The number of ether oxygens (including phenoxy) is 1. The molecule has 0 spiro atoms. The molecule has 1 aliphatic carbocycles. The molecular weight excluding hydrogens is 222 g/mol. The molecule has 2 rings (SSSR count). The molecular formula is C16H25NO. The highest BCUT2D eigenvalue weighted by Crippen LogP contribution is 2.30. The van der Waals surface area contributed by atoms with Crippen molar-refractivity contribution >= 4 is 0 Å². The molecule has 1 fully saturated rings. The normalized spacial score (nSPS) is 25.1. The molecule has 2 unspecified atom stereocenters. The van der Waals surface area contributed by atoms with Crippen LogP contribution >= 0.6 is 0 Å². The fourth-order valence-electron chi connectivity index (χ4n) is 3.07. The molecule has 1 aliphatic rings. The van der Waals surface area contributed by atoms with E-state index in [9.17, 15) is 0 Å². The standard InChI is InChI=1S/C16H25NO/c1-4-13-7-6-10-16(13)17-12(2)14-8-5-9-15(11-14)18-3/h5,8-9,11-13,16-17H,4,6-7,10H2,1-3H3/t12-,13?,16?/m1/s1. The molecule has 0 amide bonds. The van der Waals surface area contributed by atoms with Crippen LogP contribution in [0.2, 0.25) is 0 Å². The lowest BCUT2D eigenvalue weighted by Crippen LogP contribution is -2.34. The molecule has 0 saturated heterocycles. The summed E-state index contributed by atoms with van der Waals surface area (Å²) in [6.07, 6.45) is 5.38. The minimum atomic E-state index is 0.400. The highest BCUT2D eigenvalue weighted by Gasteiger charge is 2.26. The van der Waals surface area contributed by atoms with E-state index in [1.165, 1.54) is 31.2 Å². The van der Waals surface area contributed by atoms with Crippen LogP contribution in [0.25, 0.3) is 0 Å². The smallest absolute Gasteiger partial charge is 0.119 e. The molecule has 3 atom stereocenters. The lowest BCUT2D eigenvalue weighted by Gasteiger charge is -2.24. The molecule has 0 radical (unpaired) electrons. The van der Waals surface area contributed by atoms with Gasteiger partial charge in [-0.15, -0.1) is 0 Å². The summed E-state index contributed by atoms with van der Waals surface area (Å²) in [5, 5.41) is 3.79. The van der Waals surface area contributed by atoms with Crippen LogP contribution in [0.3, 0.4) is 0 Å². The summed E-state index contributed by atoms with van der Waals surface area (Å²) >= 11 is 0. The van der Waals surface area contributed by atoms with Crippen molar-refractivity contribution in [2.24, 2.45) is 5.92 Å². The number of hydrogen-bond acceptors (Lipinski definition) is 2. The Morgan fingerprint density at radius 1 is 1.39 bits per heavy atom. The summed E-state index contributed by atoms with van der Waals surface area (Å²) in [6, 6.07) is 9.47. The van der Waals surface area contributed by atoms with Crippen LogP contribution < -0.4 is 10.1 Å². The molecule has 2 heteroatoms. The van der Waals surface area contributed by atoms with Crippen LogP contribution in [0.15, 0.2) is 24.3 Å². The molecule has 1 saturated carbocycles. The van der Waals surface area contributed by atoms with E-state index in [1.54, 1.807) is 7.11 Å². The van der Waals surface area contributed by atoms with Gasteiger partial charge < -0.3 is 10.1 Å². The third kappa shape index (κ3) is 3.05. The Morgan fingerprint density at radius 2 is 2.22 bits per heavy atom. The number of methoxy groups -OCH3 is 1. The molecule has 1 aromatic rings. The van der Waals surface area contributed by atoms with Gasteiger partial charge in [-0.05, 0) is 43.4 Å². The van der Waals surface area contributed by atoms with Crippen molar-refractivity contribution in [1.82, 2.24) is 5.32 Å². The van der Waals surface area contributed by atoms with Crippen LogP contribution in [-0.4, -0.2) is 13.2 Å². The monoisotopic (exact) mass is 247 g/mol. The van der Waals surface area contributed by atoms with Gasteiger partial charge in [-0.1, -0.05) is 31.9 Å². The summed E-state index contributed by atoms with van der Waals surface area (Å²) in [6.45, 7) is 4.56. The summed E-state index contributed by atoms with van der Waals surface area (Å²) < 4.78 is 5.29. The predicted octanol–water partition coefficient (Wildman–Crippen LogP) is 3.92. The van der Waals surface area contributed by atoms with E-state index < -0.39 is 0 Å². The van der Waals surface area contributed by atoms with Crippen molar-refractivity contribution in [3.05, 3.63) is 29.8 Å².